The van der Waals surface area contributed by atoms with Crippen molar-refractivity contribution in [1.29, 1.82) is 0 Å². The Morgan fingerprint density at radius 3 is 1.54 bits per heavy atom. The molecule has 0 aromatic carbocycles. The molecule has 0 aliphatic carbocycles. The van der Waals surface area contributed by atoms with E-state index in [-0.39, 0.29) is 5.13 Å². The van der Waals surface area contributed by atoms with Gasteiger partial charge in [-0.2, -0.15) is 4.39 Å². The Balaban J connectivity index is 0.000000219. The molecule has 4 aromatic heterocycles. The third-order valence-corrected chi connectivity index (χ3v) is 4.98. The average molecular weight is 391 g/mol. The second-order valence-electron chi connectivity index (χ2n) is 4.68. The van der Waals surface area contributed by atoms with Crippen molar-refractivity contribution in [3.63, 3.8) is 0 Å². The Morgan fingerprint density at radius 2 is 1.19 bits per heavy atom. The standard InChI is InChI=1S/C9H9NS.C8H6FNS.2C2H6/c1-7-4-5-9(11-7)8-3-2-6-10-8;9-8-4-3-7(11-8)6-2-1-5-10-6;2*1-2/h2-6,10H,1H3;1-5,10H;2*1-2H3. The Labute approximate surface area is 163 Å². The van der Waals surface area contributed by atoms with Gasteiger partial charge in [0.1, 0.15) is 0 Å². The van der Waals surface area contributed by atoms with E-state index in [0.717, 1.165) is 21.9 Å². The van der Waals surface area contributed by atoms with Gasteiger partial charge in [0.05, 0.1) is 21.1 Å². The zero-order valence-corrected chi connectivity index (χ0v) is 17.6. The third-order valence-electron chi connectivity index (χ3n) is 3.04. The zero-order chi connectivity index (χ0) is 19.4. The summed E-state index contributed by atoms with van der Waals surface area (Å²) >= 11 is 2.96. The molecular weight excluding hydrogens is 363 g/mol. The van der Waals surface area contributed by atoms with Gasteiger partial charge < -0.3 is 9.97 Å². The molecule has 0 aliphatic heterocycles. The second-order valence-corrected chi connectivity index (χ2v) is 7.00. The molecule has 5 heteroatoms. The molecule has 140 valence electrons. The van der Waals surface area contributed by atoms with Crippen molar-refractivity contribution in [2.45, 2.75) is 34.6 Å². The summed E-state index contributed by atoms with van der Waals surface area (Å²) in [5.41, 5.74) is 2.18. The first-order valence-corrected chi connectivity index (χ1v) is 10.4. The van der Waals surface area contributed by atoms with Gasteiger partial charge in [0.15, 0.2) is 5.13 Å². The van der Waals surface area contributed by atoms with E-state index < -0.39 is 0 Å². The van der Waals surface area contributed by atoms with E-state index in [9.17, 15) is 4.39 Å². The number of rotatable bonds is 2. The second kappa shape index (κ2) is 12.3. The van der Waals surface area contributed by atoms with Gasteiger partial charge in [-0.05, 0) is 55.5 Å². The lowest BCUT2D eigenvalue weighted by molar-refractivity contribution is 0.657. The monoisotopic (exact) mass is 390 g/mol. The summed E-state index contributed by atoms with van der Waals surface area (Å²) in [6.07, 6.45) is 3.78. The summed E-state index contributed by atoms with van der Waals surface area (Å²) in [6.45, 7) is 10.1. The van der Waals surface area contributed by atoms with E-state index in [0.29, 0.717) is 0 Å². The largest absolute Gasteiger partial charge is 0.361 e. The Morgan fingerprint density at radius 1 is 0.692 bits per heavy atom. The van der Waals surface area contributed by atoms with Crippen LogP contribution in [0, 0.1) is 12.1 Å². The lowest BCUT2D eigenvalue weighted by atomic mass is 10.3. The average Bonchev–Trinajstić information content (AvgIpc) is 3.46. The lowest BCUT2D eigenvalue weighted by Crippen LogP contribution is -1.65. The molecule has 26 heavy (non-hydrogen) atoms. The topological polar surface area (TPSA) is 31.6 Å². The van der Waals surface area contributed by atoms with Crippen molar-refractivity contribution in [1.82, 2.24) is 9.97 Å². The zero-order valence-electron chi connectivity index (χ0n) is 16.0. The van der Waals surface area contributed by atoms with Crippen LogP contribution in [-0.4, -0.2) is 9.97 Å². The van der Waals surface area contributed by atoms with Crippen LogP contribution in [0.3, 0.4) is 0 Å². The van der Waals surface area contributed by atoms with E-state index in [1.54, 1.807) is 6.07 Å². The summed E-state index contributed by atoms with van der Waals surface area (Å²) in [7, 11) is 0. The fraction of sp³-hybridized carbons (Fsp3) is 0.238. The molecule has 0 amide bonds. The van der Waals surface area contributed by atoms with Crippen LogP contribution in [-0.2, 0) is 0 Å². The van der Waals surface area contributed by atoms with Gasteiger partial charge in [-0.1, -0.05) is 27.7 Å². The van der Waals surface area contributed by atoms with Crippen LogP contribution in [0.4, 0.5) is 4.39 Å². The number of H-pyrrole nitrogens is 2. The maximum atomic E-state index is 12.5. The number of aryl methyl sites for hydroxylation is 1. The lowest BCUT2D eigenvalue weighted by Gasteiger charge is -1.87. The summed E-state index contributed by atoms with van der Waals surface area (Å²) in [4.78, 5) is 9.79. The minimum absolute atomic E-state index is 0.144. The fourth-order valence-electron chi connectivity index (χ4n) is 2.01. The van der Waals surface area contributed by atoms with Crippen molar-refractivity contribution in [3.8, 4) is 21.1 Å². The molecule has 2 N–H and O–H groups in total. The Hall–Kier alpha value is -2.11. The molecule has 0 aliphatic rings. The normalized spacial score (nSPS) is 9.15. The minimum Gasteiger partial charge on any atom is -0.361 e. The van der Waals surface area contributed by atoms with Gasteiger partial charge in [-0.15, -0.1) is 22.7 Å². The fourth-order valence-corrected chi connectivity index (χ4v) is 3.58. The van der Waals surface area contributed by atoms with Crippen LogP contribution in [0.1, 0.15) is 32.6 Å². The summed E-state index contributed by atoms with van der Waals surface area (Å²) in [5, 5.41) is -0.144. The summed E-state index contributed by atoms with van der Waals surface area (Å²) in [6, 6.07) is 15.5. The van der Waals surface area contributed by atoms with Gasteiger partial charge in [0.2, 0.25) is 0 Å². The highest BCUT2D eigenvalue weighted by Gasteiger charge is 2.01. The van der Waals surface area contributed by atoms with Crippen molar-refractivity contribution in [2.75, 3.05) is 0 Å². The Kier molecular flexibility index (Phi) is 10.4. The molecule has 2 nitrogen and oxygen atoms in total. The molecule has 0 unspecified atom stereocenters. The number of thiophene rings is 2. The highest BCUT2D eigenvalue weighted by molar-refractivity contribution is 7.15. The molecule has 0 radical (unpaired) electrons. The third kappa shape index (κ3) is 6.65. The van der Waals surface area contributed by atoms with Gasteiger partial charge in [-0.3, -0.25) is 0 Å². The first-order valence-electron chi connectivity index (χ1n) is 8.81. The summed E-state index contributed by atoms with van der Waals surface area (Å²) in [5.74, 6) is 0. The highest BCUT2D eigenvalue weighted by Crippen LogP contribution is 2.26. The van der Waals surface area contributed by atoms with Crippen LogP contribution in [0.25, 0.3) is 21.1 Å². The molecule has 4 aromatic rings. The number of aromatic amines is 2. The molecular formula is C21H27FN2S2. The molecule has 0 fully saturated rings. The first-order chi connectivity index (χ1) is 12.7. The van der Waals surface area contributed by atoms with Crippen LogP contribution in [0.2, 0.25) is 0 Å². The SMILES string of the molecule is CC.CC.Cc1ccc(-c2ccc[nH]2)s1.Fc1ccc(-c2ccc[nH]2)s1. The van der Waals surface area contributed by atoms with Crippen molar-refractivity contribution < 1.29 is 4.39 Å². The van der Waals surface area contributed by atoms with Crippen LogP contribution < -0.4 is 0 Å². The van der Waals surface area contributed by atoms with Crippen molar-refractivity contribution in [3.05, 3.63) is 70.9 Å². The molecule has 0 atom stereocenters. The number of hydrogen-bond donors (Lipinski definition) is 2. The first kappa shape index (κ1) is 21.9. The van der Waals surface area contributed by atoms with Gasteiger partial charge >= 0.3 is 0 Å². The predicted octanol–water partition coefficient (Wildman–Crippen LogP) is 7.99. The quantitative estimate of drug-likeness (QED) is 0.347. The van der Waals surface area contributed by atoms with E-state index in [2.05, 4.69) is 35.1 Å². The van der Waals surface area contributed by atoms with Crippen molar-refractivity contribution in [2.24, 2.45) is 0 Å². The van der Waals surface area contributed by atoms with E-state index in [4.69, 9.17) is 0 Å². The number of hydrogen-bond acceptors (Lipinski definition) is 2. The molecule has 0 spiro atoms. The van der Waals surface area contributed by atoms with E-state index in [1.165, 1.54) is 21.5 Å². The molecule has 0 saturated carbocycles. The van der Waals surface area contributed by atoms with Crippen molar-refractivity contribution >= 4 is 22.7 Å². The maximum Gasteiger partial charge on any atom is 0.177 e. The minimum atomic E-state index is -0.144. The summed E-state index contributed by atoms with van der Waals surface area (Å²) < 4.78 is 12.5. The molecule has 4 rings (SSSR count). The van der Waals surface area contributed by atoms with Gasteiger partial charge in [0.25, 0.3) is 0 Å². The molecule has 4 heterocycles. The van der Waals surface area contributed by atoms with E-state index in [1.807, 2.05) is 69.6 Å². The van der Waals surface area contributed by atoms with Crippen LogP contribution in [0.15, 0.2) is 60.9 Å². The molecule has 0 bridgehead atoms. The number of nitrogens with one attached hydrogen (secondary N) is 2. The smallest absolute Gasteiger partial charge is 0.177 e. The van der Waals surface area contributed by atoms with Crippen LogP contribution >= 0.6 is 22.7 Å². The number of aromatic nitrogens is 2. The van der Waals surface area contributed by atoms with Gasteiger partial charge in [0, 0.05) is 17.3 Å². The predicted molar refractivity (Wildman–Crippen MR) is 116 cm³/mol. The highest BCUT2D eigenvalue weighted by atomic mass is 32.1. The number of halogens is 1. The van der Waals surface area contributed by atoms with Crippen LogP contribution in [0.5, 0.6) is 0 Å². The maximum absolute atomic E-state index is 12.5. The van der Waals surface area contributed by atoms with E-state index >= 15 is 0 Å². The van der Waals surface area contributed by atoms with Gasteiger partial charge in [-0.25, -0.2) is 0 Å². The Bertz CT molecular complexity index is 742. The molecule has 0 saturated heterocycles.